The Bertz CT molecular complexity index is 706. The van der Waals surface area contributed by atoms with E-state index in [1.165, 1.54) is 11.3 Å². The van der Waals surface area contributed by atoms with Crippen LogP contribution in [-0.4, -0.2) is 10.9 Å². The maximum absolute atomic E-state index is 11.4. The van der Waals surface area contributed by atoms with Gasteiger partial charge in [-0.3, -0.25) is 4.79 Å². The normalized spacial score (nSPS) is 10.1. The van der Waals surface area contributed by atoms with E-state index in [4.69, 9.17) is 28.5 Å². The molecule has 0 atom stereocenters. The third-order valence-corrected chi connectivity index (χ3v) is 4.10. The van der Waals surface area contributed by atoms with Crippen LogP contribution in [0.25, 0.3) is 11.3 Å². The number of amides is 1. The number of aromatic nitrogens is 1. The van der Waals surface area contributed by atoms with Crippen molar-refractivity contribution >= 4 is 45.6 Å². The lowest BCUT2D eigenvalue weighted by Gasteiger charge is -2.01. The van der Waals surface area contributed by atoms with Crippen molar-refractivity contribution in [1.82, 2.24) is 4.98 Å². The number of thiazole rings is 1. The van der Waals surface area contributed by atoms with Crippen molar-refractivity contribution in [2.75, 3.05) is 5.32 Å². The number of carbonyl (C=O) groups excluding carboxylic acids is 1. The van der Waals surface area contributed by atoms with Crippen LogP contribution >= 0.6 is 34.5 Å². The topological polar surface area (TPSA) is 65.8 Å². The van der Waals surface area contributed by atoms with Gasteiger partial charge in [0.25, 0.3) is 0 Å². The molecule has 0 saturated heterocycles. The summed E-state index contributed by atoms with van der Waals surface area (Å²) in [7, 11) is 0. The molecular formula is C13H9Cl2N3OS. The molecule has 7 heteroatoms. The summed E-state index contributed by atoms with van der Waals surface area (Å²) in [5.74, 6) is -0.373. The molecule has 0 bridgehead atoms. The number of anilines is 1. The maximum Gasteiger partial charge on any atom is 0.240 e. The number of halogens is 2. The molecule has 0 spiro atoms. The first-order valence-electron chi connectivity index (χ1n) is 5.61. The average molecular weight is 326 g/mol. The summed E-state index contributed by atoms with van der Waals surface area (Å²) in [5.41, 5.74) is 1.56. The Morgan fingerprint density at radius 1 is 1.45 bits per heavy atom. The van der Waals surface area contributed by atoms with Crippen LogP contribution in [0.4, 0.5) is 5.13 Å². The molecular weight excluding hydrogens is 317 g/mol. The molecule has 0 aliphatic rings. The molecule has 2 aromatic rings. The molecule has 0 aliphatic carbocycles. The highest BCUT2D eigenvalue weighted by Gasteiger charge is 2.13. The second kappa shape index (κ2) is 6.23. The summed E-state index contributed by atoms with van der Waals surface area (Å²) < 4.78 is 0. The molecule has 0 radical (unpaired) electrons. The molecule has 1 N–H and O–H groups in total. The zero-order chi connectivity index (χ0) is 14.7. The Labute approximate surface area is 130 Å². The van der Waals surface area contributed by atoms with Gasteiger partial charge in [-0.1, -0.05) is 29.3 Å². The van der Waals surface area contributed by atoms with Gasteiger partial charge in [0, 0.05) is 10.4 Å². The molecule has 1 heterocycles. The van der Waals surface area contributed by atoms with Gasteiger partial charge in [-0.15, -0.1) is 11.3 Å². The minimum absolute atomic E-state index is 0.194. The van der Waals surface area contributed by atoms with E-state index in [0.29, 0.717) is 15.2 Å². The van der Waals surface area contributed by atoms with Gasteiger partial charge in [0.1, 0.15) is 6.42 Å². The number of nitrogens with zero attached hydrogens (tertiary/aromatic N) is 2. The summed E-state index contributed by atoms with van der Waals surface area (Å²) in [5, 5.41) is 12.4. The summed E-state index contributed by atoms with van der Waals surface area (Å²) >= 11 is 13.2. The number of hydrogen-bond donors (Lipinski definition) is 1. The van der Waals surface area contributed by atoms with E-state index in [1.807, 2.05) is 13.0 Å². The third kappa shape index (κ3) is 3.28. The minimum Gasteiger partial charge on any atom is -0.301 e. The van der Waals surface area contributed by atoms with E-state index in [9.17, 15) is 4.79 Å². The SMILES string of the molecule is Cc1sc(NC(=O)CC#N)nc1-c1ccc(Cl)c(Cl)c1. The number of nitriles is 1. The van der Waals surface area contributed by atoms with Crippen molar-refractivity contribution in [3.63, 3.8) is 0 Å². The average Bonchev–Trinajstić information content (AvgIpc) is 2.74. The summed E-state index contributed by atoms with van der Waals surface area (Å²) in [6.07, 6.45) is -0.194. The fourth-order valence-electron chi connectivity index (χ4n) is 1.60. The molecule has 1 amide bonds. The van der Waals surface area contributed by atoms with Crippen LogP contribution in [-0.2, 0) is 4.79 Å². The van der Waals surface area contributed by atoms with Gasteiger partial charge in [-0.25, -0.2) is 4.98 Å². The highest BCUT2D eigenvalue weighted by molar-refractivity contribution is 7.16. The van der Waals surface area contributed by atoms with Crippen LogP contribution in [0.5, 0.6) is 0 Å². The first kappa shape index (κ1) is 14.8. The number of aryl methyl sites for hydroxylation is 1. The molecule has 0 saturated carbocycles. The highest BCUT2D eigenvalue weighted by atomic mass is 35.5. The lowest BCUT2D eigenvalue weighted by molar-refractivity contribution is -0.115. The van der Waals surface area contributed by atoms with Crippen molar-refractivity contribution < 1.29 is 4.79 Å². The predicted molar refractivity (Wildman–Crippen MR) is 81.2 cm³/mol. The molecule has 20 heavy (non-hydrogen) atoms. The monoisotopic (exact) mass is 325 g/mol. The van der Waals surface area contributed by atoms with Gasteiger partial charge < -0.3 is 5.32 Å². The lowest BCUT2D eigenvalue weighted by atomic mass is 10.1. The quantitative estimate of drug-likeness (QED) is 0.915. The molecule has 0 fully saturated rings. The molecule has 1 aromatic heterocycles. The van der Waals surface area contributed by atoms with Crippen LogP contribution < -0.4 is 5.32 Å². The van der Waals surface area contributed by atoms with Crippen molar-refractivity contribution in [2.24, 2.45) is 0 Å². The molecule has 2 rings (SSSR count). The molecule has 102 valence electrons. The smallest absolute Gasteiger partial charge is 0.240 e. The Morgan fingerprint density at radius 2 is 2.20 bits per heavy atom. The second-order valence-electron chi connectivity index (χ2n) is 3.94. The van der Waals surface area contributed by atoms with Crippen LogP contribution in [0.15, 0.2) is 18.2 Å². The lowest BCUT2D eigenvalue weighted by Crippen LogP contribution is -2.09. The van der Waals surface area contributed by atoms with Gasteiger partial charge >= 0.3 is 0 Å². The Kier molecular flexibility index (Phi) is 4.61. The minimum atomic E-state index is -0.373. The number of nitrogens with one attached hydrogen (secondary N) is 1. The van der Waals surface area contributed by atoms with Crippen LogP contribution in [0.3, 0.4) is 0 Å². The fraction of sp³-hybridized carbons (Fsp3) is 0.154. The highest BCUT2D eigenvalue weighted by Crippen LogP contribution is 2.33. The molecule has 0 aliphatic heterocycles. The van der Waals surface area contributed by atoms with Gasteiger partial charge in [0.05, 0.1) is 21.8 Å². The van der Waals surface area contributed by atoms with Gasteiger partial charge in [0.15, 0.2) is 5.13 Å². The first-order valence-corrected chi connectivity index (χ1v) is 7.18. The molecule has 4 nitrogen and oxygen atoms in total. The maximum atomic E-state index is 11.4. The largest absolute Gasteiger partial charge is 0.301 e. The van der Waals surface area contributed by atoms with Crippen LogP contribution in [0.2, 0.25) is 10.0 Å². The number of benzene rings is 1. The first-order chi connectivity index (χ1) is 9.51. The Morgan fingerprint density at radius 3 is 2.85 bits per heavy atom. The summed E-state index contributed by atoms with van der Waals surface area (Å²) in [4.78, 5) is 16.7. The third-order valence-electron chi connectivity index (χ3n) is 2.48. The summed E-state index contributed by atoms with van der Waals surface area (Å²) in [6, 6.07) is 7.03. The summed E-state index contributed by atoms with van der Waals surface area (Å²) in [6.45, 7) is 1.90. The van der Waals surface area contributed by atoms with E-state index in [0.717, 1.165) is 16.1 Å². The standard InChI is InChI=1S/C13H9Cl2N3OS/c1-7-12(8-2-3-9(14)10(15)6-8)18-13(20-7)17-11(19)4-5-16/h2-3,6H,4H2,1H3,(H,17,18,19). The number of hydrogen-bond acceptors (Lipinski definition) is 4. The molecule has 1 aromatic carbocycles. The van der Waals surface area contributed by atoms with Crippen LogP contribution in [0.1, 0.15) is 11.3 Å². The fourth-order valence-corrected chi connectivity index (χ4v) is 2.75. The van der Waals surface area contributed by atoms with E-state index in [-0.39, 0.29) is 12.3 Å². The van der Waals surface area contributed by atoms with Gasteiger partial charge in [-0.05, 0) is 19.1 Å². The van der Waals surface area contributed by atoms with E-state index < -0.39 is 0 Å². The number of rotatable bonds is 3. The zero-order valence-electron chi connectivity index (χ0n) is 10.4. The van der Waals surface area contributed by atoms with E-state index in [1.54, 1.807) is 18.2 Å². The van der Waals surface area contributed by atoms with Crippen molar-refractivity contribution in [3.05, 3.63) is 33.1 Å². The second-order valence-corrected chi connectivity index (χ2v) is 5.95. The van der Waals surface area contributed by atoms with Crippen molar-refractivity contribution in [1.29, 1.82) is 5.26 Å². The van der Waals surface area contributed by atoms with E-state index in [2.05, 4.69) is 10.3 Å². The van der Waals surface area contributed by atoms with Crippen LogP contribution in [0, 0.1) is 18.3 Å². The number of carbonyl (C=O) groups is 1. The predicted octanol–water partition coefficient (Wildman–Crippen LogP) is 4.28. The Balaban J connectivity index is 2.29. The molecule has 0 unspecified atom stereocenters. The van der Waals surface area contributed by atoms with E-state index >= 15 is 0 Å². The van der Waals surface area contributed by atoms with Gasteiger partial charge in [-0.2, -0.15) is 5.26 Å². The Hall–Kier alpha value is -1.61. The van der Waals surface area contributed by atoms with Crippen molar-refractivity contribution in [2.45, 2.75) is 13.3 Å². The zero-order valence-corrected chi connectivity index (χ0v) is 12.7. The van der Waals surface area contributed by atoms with Crippen molar-refractivity contribution in [3.8, 4) is 17.3 Å². The van der Waals surface area contributed by atoms with Gasteiger partial charge in [0.2, 0.25) is 5.91 Å².